The lowest BCUT2D eigenvalue weighted by Gasteiger charge is -2.19. The highest BCUT2D eigenvalue weighted by molar-refractivity contribution is 5.85. The summed E-state index contributed by atoms with van der Waals surface area (Å²) in [6, 6.07) is 3.70. The molecule has 0 aromatic carbocycles. The van der Waals surface area contributed by atoms with E-state index in [1.54, 1.807) is 31.8 Å². The van der Waals surface area contributed by atoms with Crippen LogP contribution in [0.25, 0.3) is 0 Å². The first-order valence-electron chi connectivity index (χ1n) is 27.6. The summed E-state index contributed by atoms with van der Waals surface area (Å²) in [5, 5.41) is 2.57. The van der Waals surface area contributed by atoms with Gasteiger partial charge in [0, 0.05) is 79.9 Å². The minimum absolute atomic E-state index is 0.0810. The maximum atomic E-state index is 11.2. The molecule has 2 aromatic heterocycles. The van der Waals surface area contributed by atoms with E-state index < -0.39 is 0 Å². The minimum Gasteiger partial charge on any atom is -0.469 e. The Morgan fingerprint density at radius 2 is 0.872 bits per heavy atom. The number of aryl methyl sites for hydroxylation is 2. The van der Waals surface area contributed by atoms with Crippen molar-refractivity contribution in [3.05, 3.63) is 48.6 Å². The third kappa shape index (κ3) is 59.2. The zero-order chi connectivity index (χ0) is 63.2. The lowest BCUT2D eigenvalue weighted by Crippen LogP contribution is -2.31. The van der Waals surface area contributed by atoms with Crippen LogP contribution in [-0.2, 0) is 55.8 Å². The third-order valence-electron chi connectivity index (χ3n) is 9.98. The van der Waals surface area contributed by atoms with Crippen LogP contribution in [0.5, 0.6) is 0 Å². The van der Waals surface area contributed by atoms with Crippen LogP contribution in [-0.4, -0.2) is 115 Å². The van der Waals surface area contributed by atoms with E-state index in [1.807, 2.05) is 170 Å². The lowest BCUT2D eigenvalue weighted by molar-refractivity contribution is -0.152. The number of hydrogen-bond donors (Lipinski definition) is 1. The van der Waals surface area contributed by atoms with Crippen LogP contribution >= 0.6 is 0 Å². The number of nitrogens with one attached hydrogen (secondary N) is 1. The van der Waals surface area contributed by atoms with Crippen molar-refractivity contribution in [2.24, 2.45) is 43.3 Å². The number of Topliss-reactive ketones (excluding diaryl/α,β-unsaturated/α-hetero) is 3. The average Bonchev–Trinajstić information content (AvgIpc) is 3.27. The molecular formula is C63H120N6O9. The number of likely N-dealkylation sites (N-methyl/N-ethyl adjacent to an activating group) is 1. The molecule has 0 aliphatic heterocycles. The van der Waals surface area contributed by atoms with Gasteiger partial charge in [0.2, 0.25) is 5.91 Å². The smallest absolute Gasteiger partial charge is 0.311 e. The van der Waals surface area contributed by atoms with E-state index in [2.05, 4.69) is 76.3 Å². The van der Waals surface area contributed by atoms with E-state index in [0.29, 0.717) is 29.8 Å². The molecule has 78 heavy (non-hydrogen) atoms. The van der Waals surface area contributed by atoms with Gasteiger partial charge in [-0.05, 0) is 111 Å². The van der Waals surface area contributed by atoms with Crippen molar-refractivity contribution in [2.75, 3.05) is 55.1 Å². The first kappa shape index (κ1) is 84.8. The fraction of sp³-hybridized carbons (Fsp3) is 0.778. The summed E-state index contributed by atoms with van der Waals surface area (Å²) in [5.74, 6) is 2.49. The van der Waals surface area contributed by atoms with E-state index in [-0.39, 0.29) is 68.5 Å². The highest BCUT2D eigenvalue weighted by Crippen LogP contribution is 2.22. The molecule has 0 saturated carbocycles. The van der Waals surface area contributed by atoms with E-state index >= 15 is 0 Å². The van der Waals surface area contributed by atoms with Crippen molar-refractivity contribution in [1.82, 2.24) is 30.2 Å². The number of ketones is 3. The molecule has 1 amide bonds. The zero-order valence-corrected chi connectivity index (χ0v) is 55.9. The normalized spacial score (nSPS) is 11.5. The van der Waals surface area contributed by atoms with Gasteiger partial charge in [-0.1, -0.05) is 132 Å². The van der Waals surface area contributed by atoms with Crippen molar-refractivity contribution < 1.29 is 43.0 Å². The quantitative estimate of drug-likeness (QED) is 0.197. The van der Waals surface area contributed by atoms with E-state index in [4.69, 9.17) is 4.74 Å². The molecule has 2 rings (SSSR count). The Bertz CT molecular complexity index is 1790. The van der Waals surface area contributed by atoms with Crippen molar-refractivity contribution in [3.63, 3.8) is 0 Å². The molecule has 15 heteroatoms. The number of esters is 2. The number of rotatable bonds is 12. The number of methoxy groups -OCH3 is 2. The molecule has 2 heterocycles. The van der Waals surface area contributed by atoms with E-state index in [9.17, 15) is 28.8 Å². The van der Waals surface area contributed by atoms with Crippen LogP contribution in [0.3, 0.4) is 0 Å². The second-order valence-electron chi connectivity index (χ2n) is 27.8. The Labute approximate surface area is 478 Å². The van der Waals surface area contributed by atoms with Gasteiger partial charge in [0.05, 0.1) is 31.1 Å². The van der Waals surface area contributed by atoms with Crippen molar-refractivity contribution >= 4 is 35.2 Å². The fourth-order valence-electron chi connectivity index (χ4n) is 4.68. The number of carbonyl (C=O) groups is 6. The van der Waals surface area contributed by atoms with Gasteiger partial charge in [-0.15, -0.1) is 0 Å². The number of aromatic nitrogens is 4. The molecule has 0 fully saturated rings. The summed E-state index contributed by atoms with van der Waals surface area (Å²) in [5.41, 5.74) is -0.718. The summed E-state index contributed by atoms with van der Waals surface area (Å²) < 4.78 is 13.9. The van der Waals surface area contributed by atoms with Crippen molar-refractivity contribution in [2.45, 2.75) is 225 Å². The van der Waals surface area contributed by atoms with Gasteiger partial charge in [0.15, 0.2) is 11.6 Å². The predicted molar refractivity (Wildman–Crippen MR) is 324 cm³/mol. The minimum atomic E-state index is -0.352. The number of nitrogens with zero attached hydrogens (tertiary/aromatic N) is 5. The van der Waals surface area contributed by atoms with Crippen molar-refractivity contribution in [3.8, 4) is 0 Å². The molecule has 2 aromatic rings. The first-order valence-corrected chi connectivity index (χ1v) is 27.6. The molecule has 0 atom stereocenters. The lowest BCUT2D eigenvalue weighted by atomic mass is 9.88. The van der Waals surface area contributed by atoms with E-state index in [0.717, 1.165) is 43.8 Å². The molecule has 0 aliphatic rings. The monoisotopic (exact) mass is 1100 g/mol. The molecule has 0 bridgehead atoms. The fourth-order valence-corrected chi connectivity index (χ4v) is 4.68. The van der Waals surface area contributed by atoms with Crippen LogP contribution in [0.4, 0.5) is 0 Å². The zero-order valence-electron chi connectivity index (χ0n) is 55.9. The largest absolute Gasteiger partial charge is 0.469 e. The average molecular weight is 1110 g/mol. The molecule has 15 nitrogen and oxygen atoms in total. The molecule has 0 saturated heterocycles. The Morgan fingerprint density at radius 3 is 1.05 bits per heavy atom. The van der Waals surface area contributed by atoms with Gasteiger partial charge in [-0.3, -0.25) is 28.8 Å². The topological polar surface area (TPSA) is 197 Å². The second-order valence-corrected chi connectivity index (χ2v) is 27.8. The SMILES string of the molecule is CC(C)(C)CCCc1ncccn1.CC(C)(C)CCc1ncccn1.CCCC(=O)C(C)(C)C.CCOC(=O)C(C)(C)C.CN(C)CC(=O)C(C)(C)C.CNC(=O)C(C)(C)C.COC(=O)C(C)(C)C.COCC(=O)C(C)(C)C. The van der Waals surface area contributed by atoms with Crippen LogP contribution in [0.2, 0.25) is 0 Å². The number of carbonyl (C=O) groups excluding carboxylic acids is 6. The molecule has 456 valence electrons. The number of amides is 1. The standard InChI is InChI=1S/C11H18N2.C10H16N2.C8H17NO.C8H16O.2C7H14O2.C6H13NO.C6H12O2/c1-11(2,3)7-4-6-10-12-8-5-9-13-10;1-10(2,3)6-5-9-11-7-4-8-12-9;1-8(2,3)7(10)6-9(4)5;1-5-6-7(9)8(2,3)4;1-7(2,3)6(8)5-9-4;1-5-9-6(8)7(2,3)4;1-6(2,3)5(8)7-4;1-6(2,3)5(7)8-4/h5,8-9H,4,6-7H2,1-3H3;4,7-8H,5-6H2,1-3H3;6H2,1-5H3;5-6H2,1-4H3;2*5H2,1-4H3;1-4H3,(H,7,8);1-4H3. The van der Waals surface area contributed by atoms with Gasteiger partial charge in [0.25, 0.3) is 0 Å². The second kappa shape index (κ2) is 41.5. The van der Waals surface area contributed by atoms with Crippen LogP contribution < -0.4 is 5.32 Å². The number of ether oxygens (including phenoxy) is 3. The molecule has 0 radical (unpaired) electrons. The Balaban J connectivity index is -0.000000191. The van der Waals surface area contributed by atoms with E-state index in [1.165, 1.54) is 27.1 Å². The Kier molecular flexibility index (Phi) is 45.1. The van der Waals surface area contributed by atoms with Gasteiger partial charge >= 0.3 is 11.9 Å². The van der Waals surface area contributed by atoms with Crippen LogP contribution in [0, 0.1) is 43.3 Å². The molecule has 1 N–H and O–H groups in total. The summed E-state index contributed by atoms with van der Waals surface area (Å²) >= 11 is 0. The highest BCUT2D eigenvalue weighted by Gasteiger charge is 2.24. The summed E-state index contributed by atoms with van der Waals surface area (Å²) in [4.78, 5) is 84.0. The first-order chi connectivity index (χ1) is 34.9. The molecule has 0 unspecified atom stereocenters. The van der Waals surface area contributed by atoms with Crippen LogP contribution in [0.1, 0.15) is 224 Å². The third-order valence-corrected chi connectivity index (χ3v) is 9.98. The molecular weight excluding hydrogens is 985 g/mol. The van der Waals surface area contributed by atoms with Crippen LogP contribution in [0.15, 0.2) is 36.9 Å². The predicted octanol–water partition coefficient (Wildman–Crippen LogP) is 13.7. The Hall–Kier alpha value is -4.50. The van der Waals surface area contributed by atoms with Gasteiger partial charge in [-0.25, -0.2) is 19.9 Å². The molecule has 0 spiro atoms. The van der Waals surface area contributed by atoms with Gasteiger partial charge in [0.1, 0.15) is 24.0 Å². The summed E-state index contributed by atoms with van der Waals surface area (Å²) in [7, 11) is 8.39. The van der Waals surface area contributed by atoms with Crippen molar-refractivity contribution in [1.29, 1.82) is 0 Å². The van der Waals surface area contributed by atoms with Gasteiger partial charge in [-0.2, -0.15) is 0 Å². The maximum absolute atomic E-state index is 11.2. The molecule has 0 aliphatic carbocycles. The summed E-state index contributed by atoms with van der Waals surface area (Å²) in [6.07, 6.45) is 14.4. The summed E-state index contributed by atoms with van der Waals surface area (Å²) in [6.45, 7) is 52.5. The number of hydrogen-bond acceptors (Lipinski definition) is 14. The van der Waals surface area contributed by atoms with Gasteiger partial charge < -0.3 is 24.4 Å². The maximum Gasteiger partial charge on any atom is 0.311 e. The Morgan fingerprint density at radius 1 is 0.500 bits per heavy atom. The highest BCUT2D eigenvalue weighted by atomic mass is 16.5.